The summed E-state index contributed by atoms with van der Waals surface area (Å²) in [5.41, 5.74) is 6.62. The fourth-order valence-electron chi connectivity index (χ4n) is 5.85. The molecular formula is C30H30N4O. The van der Waals surface area contributed by atoms with Crippen LogP contribution >= 0.6 is 0 Å². The van der Waals surface area contributed by atoms with Crippen molar-refractivity contribution in [1.82, 2.24) is 19.2 Å². The number of amides is 1. The zero-order chi connectivity index (χ0) is 24.1. The van der Waals surface area contributed by atoms with Gasteiger partial charge in [-0.3, -0.25) is 9.48 Å². The van der Waals surface area contributed by atoms with Crippen molar-refractivity contribution < 1.29 is 4.79 Å². The van der Waals surface area contributed by atoms with Crippen molar-refractivity contribution in [3.63, 3.8) is 0 Å². The quantitative estimate of drug-likeness (QED) is 0.337. The number of rotatable bonds is 4. The molecule has 6 rings (SSSR count). The monoisotopic (exact) mass is 462 g/mol. The van der Waals surface area contributed by atoms with E-state index < -0.39 is 0 Å². The fraction of sp³-hybridized carbons (Fsp3) is 0.267. The molecule has 1 atom stereocenters. The van der Waals surface area contributed by atoms with Gasteiger partial charge in [-0.05, 0) is 42.7 Å². The van der Waals surface area contributed by atoms with Gasteiger partial charge in [-0.1, -0.05) is 60.7 Å². The van der Waals surface area contributed by atoms with Crippen LogP contribution in [0.3, 0.4) is 0 Å². The van der Waals surface area contributed by atoms with Crippen LogP contribution in [0.5, 0.6) is 0 Å². The number of benzene rings is 3. The van der Waals surface area contributed by atoms with E-state index in [2.05, 4.69) is 82.6 Å². The Labute approximate surface area is 205 Å². The highest BCUT2D eigenvalue weighted by Crippen LogP contribution is 2.37. The molecule has 35 heavy (non-hydrogen) atoms. The van der Waals surface area contributed by atoms with Gasteiger partial charge in [-0.25, -0.2) is 0 Å². The molecule has 1 unspecified atom stereocenters. The van der Waals surface area contributed by atoms with E-state index in [1.54, 1.807) is 0 Å². The second-order valence-electron chi connectivity index (χ2n) is 9.58. The molecule has 0 radical (unpaired) electrons. The van der Waals surface area contributed by atoms with Crippen molar-refractivity contribution in [2.45, 2.75) is 39.3 Å². The van der Waals surface area contributed by atoms with E-state index >= 15 is 0 Å². The number of hydrogen-bond acceptors (Lipinski definition) is 2. The molecule has 3 heterocycles. The summed E-state index contributed by atoms with van der Waals surface area (Å²) in [7, 11) is 2.01. The van der Waals surface area contributed by atoms with Gasteiger partial charge in [0.05, 0.1) is 17.3 Å². The predicted octanol–water partition coefficient (Wildman–Crippen LogP) is 5.84. The summed E-state index contributed by atoms with van der Waals surface area (Å²) in [6.07, 6.45) is 3.58. The van der Waals surface area contributed by atoms with Crippen LogP contribution in [0.25, 0.3) is 21.7 Å². The van der Waals surface area contributed by atoms with Crippen molar-refractivity contribution in [2.75, 3.05) is 6.54 Å². The smallest absolute Gasteiger partial charge is 0.256 e. The highest BCUT2D eigenvalue weighted by atomic mass is 16.2. The Hall–Kier alpha value is -3.86. The van der Waals surface area contributed by atoms with Crippen LogP contribution in [0.1, 0.15) is 45.8 Å². The minimum absolute atomic E-state index is 0.0494. The number of para-hydroxylation sites is 1. The van der Waals surface area contributed by atoms with Crippen molar-refractivity contribution >= 4 is 27.6 Å². The van der Waals surface area contributed by atoms with Crippen LogP contribution in [0, 0.1) is 6.92 Å². The molecule has 0 aliphatic carbocycles. The van der Waals surface area contributed by atoms with E-state index in [0.717, 1.165) is 41.5 Å². The Bertz CT molecular complexity index is 1570. The molecule has 0 fully saturated rings. The molecule has 1 aliphatic rings. The van der Waals surface area contributed by atoms with Crippen LogP contribution in [0.4, 0.5) is 0 Å². The van der Waals surface area contributed by atoms with Gasteiger partial charge in [0.25, 0.3) is 5.91 Å². The third-order valence-corrected chi connectivity index (χ3v) is 7.51. The lowest BCUT2D eigenvalue weighted by atomic mass is 9.90. The first-order valence-electron chi connectivity index (χ1n) is 12.4. The lowest BCUT2D eigenvalue weighted by Gasteiger charge is -2.36. The van der Waals surface area contributed by atoms with Gasteiger partial charge in [0.15, 0.2) is 0 Å². The number of carbonyl (C=O) groups excluding carboxylic acids is 1. The van der Waals surface area contributed by atoms with E-state index in [4.69, 9.17) is 5.10 Å². The van der Waals surface area contributed by atoms with Crippen molar-refractivity contribution in [2.24, 2.45) is 7.05 Å². The molecular weight excluding hydrogens is 432 g/mol. The summed E-state index contributed by atoms with van der Waals surface area (Å²) in [4.78, 5) is 16.2. The first-order valence-corrected chi connectivity index (χ1v) is 12.4. The molecule has 5 nitrogen and oxygen atoms in total. The van der Waals surface area contributed by atoms with Gasteiger partial charge < -0.3 is 9.47 Å². The van der Waals surface area contributed by atoms with Crippen molar-refractivity contribution in [3.8, 4) is 0 Å². The molecule has 0 spiro atoms. The fourth-order valence-corrected chi connectivity index (χ4v) is 5.85. The average Bonchev–Trinajstić information content (AvgIpc) is 3.40. The lowest BCUT2D eigenvalue weighted by molar-refractivity contribution is 0.0659. The van der Waals surface area contributed by atoms with Gasteiger partial charge >= 0.3 is 0 Å². The van der Waals surface area contributed by atoms with Gasteiger partial charge in [0.2, 0.25) is 0 Å². The summed E-state index contributed by atoms with van der Waals surface area (Å²) in [5, 5.41) is 8.32. The van der Waals surface area contributed by atoms with Gasteiger partial charge in [-0.15, -0.1) is 0 Å². The molecule has 5 heteroatoms. The summed E-state index contributed by atoms with van der Waals surface area (Å²) in [6, 6.07) is 23.2. The van der Waals surface area contributed by atoms with Crippen LogP contribution in [0.2, 0.25) is 0 Å². The number of nitrogens with zero attached hydrogens (tertiary/aromatic N) is 4. The molecule has 3 aromatic carbocycles. The second kappa shape index (κ2) is 8.42. The highest BCUT2D eigenvalue weighted by molar-refractivity contribution is 6.07. The summed E-state index contributed by atoms with van der Waals surface area (Å²) < 4.78 is 4.18. The lowest BCUT2D eigenvalue weighted by Crippen LogP contribution is -2.41. The van der Waals surface area contributed by atoms with E-state index in [-0.39, 0.29) is 11.9 Å². The first kappa shape index (κ1) is 21.7. The third kappa shape index (κ3) is 3.54. The standard InChI is InChI=1S/C30H30N4O/c1-4-34-27-15-16-33(30(35)25-19-32(3)26-12-8-7-11-24(25)26)28(29(27)20(2)31-34)18-21-13-14-22-9-5-6-10-23(22)17-21/h5-14,17,19,28H,4,15-16,18H2,1-3H3. The largest absolute Gasteiger partial charge is 0.350 e. The minimum atomic E-state index is -0.0494. The van der Waals surface area contributed by atoms with Crippen molar-refractivity contribution in [1.29, 1.82) is 0 Å². The number of carbonyl (C=O) groups is 1. The Morgan fingerprint density at radius 2 is 1.80 bits per heavy atom. The Morgan fingerprint density at radius 3 is 2.63 bits per heavy atom. The molecule has 0 bridgehead atoms. The first-order chi connectivity index (χ1) is 17.0. The topological polar surface area (TPSA) is 43.1 Å². The average molecular weight is 463 g/mol. The normalized spacial score (nSPS) is 15.6. The Morgan fingerprint density at radius 1 is 1.03 bits per heavy atom. The zero-order valence-corrected chi connectivity index (χ0v) is 20.5. The second-order valence-corrected chi connectivity index (χ2v) is 9.58. The van der Waals surface area contributed by atoms with Gasteiger partial charge in [0, 0.05) is 54.9 Å². The maximum absolute atomic E-state index is 14.1. The summed E-state index contributed by atoms with van der Waals surface area (Å²) >= 11 is 0. The molecule has 1 amide bonds. The van der Waals surface area contributed by atoms with Crippen LogP contribution in [0.15, 0.2) is 72.9 Å². The molecule has 0 saturated heterocycles. The maximum atomic E-state index is 14.1. The van der Waals surface area contributed by atoms with Crippen molar-refractivity contribution in [3.05, 3.63) is 101 Å². The number of aryl methyl sites for hydroxylation is 3. The maximum Gasteiger partial charge on any atom is 0.256 e. The summed E-state index contributed by atoms with van der Waals surface area (Å²) in [6.45, 7) is 5.76. The van der Waals surface area contributed by atoms with E-state index in [1.165, 1.54) is 27.6 Å². The predicted molar refractivity (Wildman–Crippen MR) is 141 cm³/mol. The molecule has 2 aromatic heterocycles. The van der Waals surface area contributed by atoms with Gasteiger partial charge in [-0.2, -0.15) is 5.10 Å². The van der Waals surface area contributed by atoms with Crippen LogP contribution < -0.4 is 0 Å². The zero-order valence-electron chi connectivity index (χ0n) is 20.5. The SMILES string of the molecule is CCn1nc(C)c2c1CCN(C(=O)c1cn(C)c3ccccc13)C2Cc1ccc2ccccc2c1. The number of fused-ring (bicyclic) bond motifs is 3. The minimum Gasteiger partial charge on any atom is -0.350 e. The molecule has 0 N–H and O–H groups in total. The molecule has 0 saturated carbocycles. The number of hydrogen-bond donors (Lipinski definition) is 0. The van der Waals surface area contributed by atoms with Gasteiger partial charge in [0.1, 0.15) is 0 Å². The highest BCUT2D eigenvalue weighted by Gasteiger charge is 2.36. The van der Waals surface area contributed by atoms with E-state index in [9.17, 15) is 4.79 Å². The molecule has 5 aromatic rings. The third-order valence-electron chi connectivity index (χ3n) is 7.51. The summed E-state index contributed by atoms with van der Waals surface area (Å²) in [5.74, 6) is 0.0990. The Balaban J connectivity index is 1.45. The molecule has 176 valence electrons. The number of aromatic nitrogens is 3. The van der Waals surface area contributed by atoms with E-state index in [1.807, 2.05) is 25.4 Å². The van der Waals surface area contributed by atoms with Crippen LogP contribution in [-0.4, -0.2) is 31.7 Å². The van der Waals surface area contributed by atoms with E-state index in [0.29, 0.717) is 6.54 Å². The molecule has 1 aliphatic heterocycles. The Kier molecular flexibility index (Phi) is 5.21. The van der Waals surface area contributed by atoms with Crippen LogP contribution in [-0.2, 0) is 26.4 Å².